The van der Waals surface area contributed by atoms with Crippen molar-refractivity contribution >= 4 is 12.3 Å². The number of carbonyl (C=O) groups is 2. The number of ether oxygens (including phenoxy) is 2. The van der Waals surface area contributed by atoms with Crippen molar-refractivity contribution in [3.05, 3.63) is 59.2 Å². The molecule has 2 aromatic rings. The van der Waals surface area contributed by atoms with E-state index in [1.165, 1.54) is 0 Å². The number of hydrogen-bond acceptors (Lipinski definition) is 4. The highest BCUT2D eigenvalue weighted by Crippen LogP contribution is 2.29. The number of aldehydes is 1. The van der Waals surface area contributed by atoms with Crippen molar-refractivity contribution < 1.29 is 19.1 Å². The second-order valence-corrected chi connectivity index (χ2v) is 4.46. The first-order valence-corrected chi connectivity index (χ1v) is 6.65. The van der Waals surface area contributed by atoms with Crippen molar-refractivity contribution in [2.75, 3.05) is 6.61 Å². The molecule has 0 spiro atoms. The maximum absolute atomic E-state index is 12.2. The van der Waals surface area contributed by atoms with Gasteiger partial charge in [-0.15, -0.1) is 0 Å². The van der Waals surface area contributed by atoms with E-state index in [9.17, 15) is 9.59 Å². The molecule has 0 amide bonds. The monoisotopic (exact) mass is 284 g/mol. The third-order valence-corrected chi connectivity index (χ3v) is 2.97. The van der Waals surface area contributed by atoms with E-state index in [0.717, 1.165) is 11.8 Å². The standard InChI is InChI=1S/C17H16O4/c1-3-20-16-10-13(11-18)8-9-15(16)21-17(19)14-7-5-4-6-12(14)2/h4-11H,3H2,1-2H3. The van der Waals surface area contributed by atoms with Gasteiger partial charge in [-0.3, -0.25) is 4.79 Å². The minimum Gasteiger partial charge on any atom is -0.490 e. The number of esters is 1. The summed E-state index contributed by atoms with van der Waals surface area (Å²) in [5, 5.41) is 0. The third-order valence-electron chi connectivity index (χ3n) is 2.97. The van der Waals surface area contributed by atoms with Crippen LogP contribution >= 0.6 is 0 Å². The largest absolute Gasteiger partial charge is 0.490 e. The second-order valence-electron chi connectivity index (χ2n) is 4.46. The van der Waals surface area contributed by atoms with Crippen LogP contribution in [0.15, 0.2) is 42.5 Å². The van der Waals surface area contributed by atoms with E-state index in [0.29, 0.717) is 29.2 Å². The van der Waals surface area contributed by atoms with Crippen LogP contribution in [0.25, 0.3) is 0 Å². The quantitative estimate of drug-likeness (QED) is 0.479. The average Bonchev–Trinajstić information content (AvgIpc) is 2.49. The minimum atomic E-state index is -0.451. The normalized spacial score (nSPS) is 10.0. The molecule has 0 saturated carbocycles. The van der Waals surface area contributed by atoms with Crippen molar-refractivity contribution in [2.24, 2.45) is 0 Å². The van der Waals surface area contributed by atoms with Gasteiger partial charge >= 0.3 is 5.97 Å². The van der Waals surface area contributed by atoms with Crippen molar-refractivity contribution in [3.63, 3.8) is 0 Å². The molecule has 21 heavy (non-hydrogen) atoms. The van der Waals surface area contributed by atoms with Crippen molar-refractivity contribution in [1.82, 2.24) is 0 Å². The lowest BCUT2D eigenvalue weighted by molar-refractivity contribution is 0.0727. The first kappa shape index (κ1) is 14.8. The lowest BCUT2D eigenvalue weighted by atomic mass is 10.1. The minimum absolute atomic E-state index is 0.302. The molecule has 0 aliphatic rings. The summed E-state index contributed by atoms with van der Waals surface area (Å²) in [7, 11) is 0. The van der Waals surface area contributed by atoms with E-state index in [1.54, 1.807) is 30.3 Å². The summed E-state index contributed by atoms with van der Waals surface area (Å²) in [4.78, 5) is 23.0. The van der Waals surface area contributed by atoms with E-state index in [-0.39, 0.29) is 0 Å². The number of rotatable bonds is 5. The van der Waals surface area contributed by atoms with E-state index in [4.69, 9.17) is 9.47 Å². The fourth-order valence-electron chi connectivity index (χ4n) is 1.91. The fraction of sp³-hybridized carbons (Fsp3) is 0.176. The van der Waals surface area contributed by atoms with Gasteiger partial charge in [-0.1, -0.05) is 18.2 Å². The summed E-state index contributed by atoms with van der Waals surface area (Å²) in [6.45, 7) is 4.08. The third kappa shape index (κ3) is 3.48. The Bertz CT molecular complexity index is 662. The zero-order valence-electron chi connectivity index (χ0n) is 12.0. The molecule has 2 aromatic carbocycles. The van der Waals surface area contributed by atoms with Crippen LogP contribution in [0, 0.1) is 6.92 Å². The molecular formula is C17H16O4. The zero-order valence-corrected chi connectivity index (χ0v) is 12.0. The lowest BCUT2D eigenvalue weighted by Gasteiger charge is -2.11. The van der Waals surface area contributed by atoms with E-state index >= 15 is 0 Å². The Hall–Kier alpha value is -2.62. The van der Waals surface area contributed by atoms with Crippen LogP contribution in [-0.4, -0.2) is 18.9 Å². The Labute approximate surface area is 123 Å². The molecular weight excluding hydrogens is 268 g/mol. The Kier molecular flexibility index (Phi) is 4.72. The number of carbonyl (C=O) groups excluding carboxylic acids is 2. The summed E-state index contributed by atoms with van der Waals surface area (Å²) >= 11 is 0. The second kappa shape index (κ2) is 6.70. The molecule has 0 bridgehead atoms. The molecule has 0 unspecified atom stereocenters. The van der Waals surface area contributed by atoms with Gasteiger partial charge in [0.25, 0.3) is 0 Å². The first-order valence-electron chi connectivity index (χ1n) is 6.65. The molecule has 0 heterocycles. The van der Waals surface area contributed by atoms with Gasteiger partial charge < -0.3 is 9.47 Å². The summed E-state index contributed by atoms with van der Waals surface area (Å²) in [5.74, 6) is 0.229. The molecule has 0 aliphatic carbocycles. The topological polar surface area (TPSA) is 52.6 Å². The van der Waals surface area contributed by atoms with Gasteiger partial charge in [0.15, 0.2) is 11.5 Å². The summed E-state index contributed by atoms with van der Waals surface area (Å²) in [6, 6.07) is 11.9. The molecule has 4 nitrogen and oxygen atoms in total. The lowest BCUT2D eigenvalue weighted by Crippen LogP contribution is -2.11. The van der Waals surface area contributed by atoms with Crippen molar-refractivity contribution in [1.29, 1.82) is 0 Å². The molecule has 0 N–H and O–H groups in total. The van der Waals surface area contributed by atoms with Gasteiger partial charge in [0.05, 0.1) is 12.2 Å². The van der Waals surface area contributed by atoms with E-state index in [2.05, 4.69) is 0 Å². The maximum atomic E-state index is 12.2. The SMILES string of the molecule is CCOc1cc(C=O)ccc1OC(=O)c1ccccc1C. The van der Waals surface area contributed by atoms with Crippen LogP contribution in [0.1, 0.15) is 33.2 Å². The smallest absolute Gasteiger partial charge is 0.343 e. The predicted octanol–water partition coefficient (Wildman–Crippen LogP) is 3.43. The van der Waals surface area contributed by atoms with Gasteiger partial charge in [0, 0.05) is 5.56 Å². The number of hydrogen-bond donors (Lipinski definition) is 0. The highest BCUT2D eigenvalue weighted by Gasteiger charge is 2.14. The molecule has 0 radical (unpaired) electrons. The Morgan fingerprint density at radius 3 is 2.57 bits per heavy atom. The summed E-state index contributed by atoms with van der Waals surface area (Å²) in [5.41, 5.74) is 1.80. The van der Waals surface area contributed by atoms with E-state index < -0.39 is 5.97 Å². The van der Waals surface area contributed by atoms with Gasteiger partial charge in [0.2, 0.25) is 0 Å². The van der Waals surface area contributed by atoms with Crippen LogP contribution in [-0.2, 0) is 0 Å². The van der Waals surface area contributed by atoms with Gasteiger partial charge in [-0.2, -0.15) is 0 Å². The van der Waals surface area contributed by atoms with Crippen LogP contribution in [0.2, 0.25) is 0 Å². The predicted molar refractivity (Wildman–Crippen MR) is 79.1 cm³/mol. The van der Waals surface area contributed by atoms with Gasteiger partial charge in [-0.05, 0) is 43.7 Å². The average molecular weight is 284 g/mol. The van der Waals surface area contributed by atoms with Crippen LogP contribution in [0.5, 0.6) is 11.5 Å². The molecule has 108 valence electrons. The molecule has 0 saturated heterocycles. The summed E-state index contributed by atoms with van der Waals surface area (Å²) < 4.78 is 10.8. The van der Waals surface area contributed by atoms with Gasteiger partial charge in [0.1, 0.15) is 6.29 Å². The summed E-state index contributed by atoms with van der Waals surface area (Å²) in [6.07, 6.45) is 0.718. The Morgan fingerprint density at radius 1 is 1.14 bits per heavy atom. The highest BCUT2D eigenvalue weighted by atomic mass is 16.6. The zero-order chi connectivity index (χ0) is 15.2. The maximum Gasteiger partial charge on any atom is 0.343 e. The number of aryl methyl sites for hydroxylation is 1. The van der Waals surface area contributed by atoms with Crippen molar-refractivity contribution in [3.8, 4) is 11.5 Å². The number of benzene rings is 2. The van der Waals surface area contributed by atoms with Crippen LogP contribution in [0.3, 0.4) is 0 Å². The molecule has 0 fully saturated rings. The molecule has 0 aromatic heterocycles. The molecule has 0 aliphatic heterocycles. The van der Waals surface area contributed by atoms with Crippen LogP contribution < -0.4 is 9.47 Å². The Morgan fingerprint density at radius 2 is 1.90 bits per heavy atom. The molecule has 4 heteroatoms. The molecule has 2 rings (SSSR count). The van der Waals surface area contributed by atoms with Crippen LogP contribution in [0.4, 0.5) is 0 Å². The van der Waals surface area contributed by atoms with Crippen molar-refractivity contribution in [2.45, 2.75) is 13.8 Å². The first-order chi connectivity index (χ1) is 10.2. The van der Waals surface area contributed by atoms with E-state index in [1.807, 2.05) is 26.0 Å². The molecule has 0 atom stereocenters. The van der Waals surface area contributed by atoms with Gasteiger partial charge in [-0.25, -0.2) is 4.79 Å². The Balaban J connectivity index is 2.28. The fourth-order valence-corrected chi connectivity index (χ4v) is 1.91. The highest BCUT2D eigenvalue weighted by molar-refractivity contribution is 5.93.